The van der Waals surface area contributed by atoms with Crippen molar-refractivity contribution in [1.29, 1.82) is 0 Å². The Balaban J connectivity index is 1.73. The molecule has 0 amide bonds. The lowest BCUT2D eigenvalue weighted by molar-refractivity contribution is -0.314. The number of rotatable bonds is 7. The fraction of sp³-hybridized carbons (Fsp3) is 0.111. The molecule has 10 heteroatoms. The zero-order valence-electron chi connectivity index (χ0n) is 19.0. The molecular formula is C27H20F6N2O2. The van der Waals surface area contributed by atoms with Crippen molar-refractivity contribution in [2.24, 2.45) is 0 Å². The van der Waals surface area contributed by atoms with Gasteiger partial charge in [-0.15, -0.1) is 0 Å². The average molecular weight is 518 g/mol. The number of ether oxygens (including phenoxy) is 2. The summed E-state index contributed by atoms with van der Waals surface area (Å²) in [4.78, 5) is 0. The second-order valence-corrected chi connectivity index (χ2v) is 8.14. The number of hydrogen-bond acceptors (Lipinski definition) is 4. The lowest BCUT2D eigenvalue weighted by Gasteiger charge is -2.35. The Bertz CT molecular complexity index is 1410. The van der Waals surface area contributed by atoms with Gasteiger partial charge in [0, 0.05) is 34.6 Å². The minimum Gasteiger partial charge on any atom is -0.457 e. The highest BCUT2D eigenvalue weighted by atomic mass is 19.4. The first-order chi connectivity index (χ1) is 17.4. The maximum absolute atomic E-state index is 15.9. The molecule has 4 aromatic carbocycles. The van der Waals surface area contributed by atoms with E-state index < -0.39 is 28.9 Å². The maximum Gasteiger partial charge on any atom is 0.433 e. The predicted octanol–water partition coefficient (Wildman–Crippen LogP) is 7.95. The van der Waals surface area contributed by atoms with Gasteiger partial charge < -0.3 is 20.9 Å². The van der Waals surface area contributed by atoms with E-state index in [1.54, 1.807) is 12.1 Å². The van der Waals surface area contributed by atoms with Crippen LogP contribution in [0.15, 0.2) is 97.1 Å². The molecule has 1 unspecified atom stereocenters. The molecule has 0 spiro atoms. The summed E-state index contributed by atoms with van der Waals surface area (Å²) >= 11 is 0. The van der Waals surface area contributed by atoms with Gasteiger partial charge in [-0.1, -0.05) is 36.4 Å². The van der Waals surface area contributed by atoms with Crippen molar-refractivity contribution in [3.05, 3.63) is 108 Å². The van der Waals surface area contributed by atoms with Gasteiger partial charge in [0.2, 0.25) is 0 Å². The Kier molecular flexibility index (Phi) is 6.68. The first-order valence-electron chi connectivity index (χ1n) is 10.8. The normalized spacial score (nSPS) is 13.6. The zero-order valence-corrected chi connectivity index (χ0v) is 19.0. The van der Waals surface area contributed by atoms with E-state index in [-0.39, 0.29) is 23.0 Å². The lowest BCUT2D eigenvalue weighted by atomic mass is 9.84. The molecule has 0 aliphatic rings. The highest BCUT2D eigenvalue weighted by Crippen LogP contribution is 2.57. The smallest absolute Gasteiger partial charge is 0.433 e. The highest BCUT2D eigenvalue weighted by Gasteiger charge is 2.72. The number of halogens is 6. The Morgan fingerprint density at radius 2 is 0.865 bits per heavy atom. The van der Waals surface area contributed by atoms with Crippen LogP contribution in [0, 0.1) is 0 Å². The lowest BCUT2D eigenvalue weighted by Crippen LogP contribution is -2.51. The minimum absolute atomic E-state index is 0.131. The third-order valence-electron chi connectivity index (χ3n) is 5.44. The molecule has 37 heavy (non-hydrogen) atoms. The highest BCUT2D eigenvalue weighted by molar-refractivity contribution is 5.48. The zero-order chi connectivity index (χ0) is 26.8. The van der Waals surface area contributed by atoms with Crippen molar-refractivity contribution in [3.8, 4) is 23.0 Å². The van der Waals surface area contributed by atoms with Crippen molar-refractivity contribution in [3.63, 3.8) is 0 Å². The molecular weight excluding hydrogens is 498 g/mol. The molecule has 4 rings (SSSR count). The fourth-order valence-electron chi connectivity index (χ4n) is 3.68. The molecule has 1 atom stereocenters. The molecule has 0 saturated heterocycles. The van der Waals surface area contributed by atoms with Crippen molar-refractivity contribution < 1.29 is 35.8 Å². The van der Waals surface area contributed by atoms with Crippen LogP contribution in [0.3, 0.4) is 0 Å². The van der Waals surface area contributed by atoms with E-state index >= 15 is 13.2 Å². The summed E-state index contributed by atoms with van der Waals surface area (Å²) in [5.41, 5.74) is 4.25. The van der Waals surface area contributed by atoms with Crippen LogP contribution >= 0.6 is 0 Å². The molecule has 192 valence electrons. The molecule has 0 heterocycles. The van der Waals surface area contributed by atoms with E-state index in [0.29, 0.717) is 35.6 Å². The standard InChI is InChI=1S/C27H20F6N2O2/c28-25(27(31,32)33,17-5-1-9-21(13-17)36-23-11-3-7-19(34)15-23)26(29,30)18-6-2-10-22(14-18)37-24-12-4-8-20(35)16-24/h1-16H,34-35H2. The summed E-state index contributed by atoms with van der Waals surface area (Å²) in [6.07, 6.45) is -6.00. The number of benzene rings is 4. The average Bonchev–Trinajstić information content (AvgIpc) is 2.83. The van der Waals surface area contributed by atoms with Crippen molar-refractivity contribution in [2.75, 3.05) is 11.5 Å². The number of nitrogen functional groups attached to an aromatic ring is 2. The summed E-state index contributed by atoms with van der Waals surface area (Å²) in [5.74, 6) is -5.29. The summed E-state index contributed by atoms with van der Waals surface area (Å²) in [6, 6.07) is 18.9. The van der Waals surface area contributed by atoms with Gasteiger partial charge in [0.1, 0.15) is 23.0 Å². The van der Waals surface area contributed by atoms with Crippen LogP contribution in [0.25, 0.3) is 0 Å². The van der Waals surface area contributed by atoms with Crippen LogP contribution in [0.4, 0.5) is 37.7 Å². The third-order valence-corrected chi connectivity index (χ3v) is 5.44. The second kappa shape index (κ2) is 9.61. The third kappa shape index (κ3) is 5.13. The van der Waals surface area contributed by atoms with Crippen LogP contribution in [0.5, 0.6) is 23.0 Å². The van der Waals surface area contributed by atoms with Crippen LogP contribution < -0.4 is 20.9 Å². The van der Waals surface area contributed by atoms with Crippen LogP contribution in [-0.4, -0.2) is 6.18 Å². The number of hydrogen-bond donors (Lipinski definition) is 2. The largest absolute Gasteiger partial charge is 0.457 e. The Morgan fingerprint density at radius 1 is 0.486 bits per heavy atom. The second-order valence-electron chi connectivity index (χ2n) is 8.14. The van der Waals surface area contributed by atoms with E-state index in [1.807, 2.05) is 0 Å². The predicted molar refractivity (Wildman–Crippen MR) is 127 cm³/mol. The topological polar surface area (TPSA) is 70.5 Å². The SMILES string of the molecule is Nc1cccc(Oc2cccc(C(F)(F)C(F)(c3cccc(Oc4cccc(N)c4)c3)C(F)(F)F)c2)c1. The number of nitrogens with two attached hydrogens (primary N) is 2. The van der Waals surface area contributed by atoms with Gasteiger partial charge >= 0.3 is 12.1 Å². The molecule has 4 N–H and O–H groups in total. The van der Waals surface area contributed by atoms with Crippen LogP contribution in [0.1, 0.15) is 11.1 Å². The van der Waals surface area contributed by atoms with Crippen molar-refractivity contribution in [1.82, 2.24) is 0 Å². The fourth-order valence-corrected chi connectivity index (χ4v) is 3.68. The Labute approximate surface area is 208 Å². The van der Waals surface area contributed by atoms with Crippen LogP contribution in [0.2, 0.25) is 0 Å². The molecule has 4 aromatic rings. The van der Waals surface area contributed by atoms with Crippen molar-refractivity contribution >= 4 is 11.4 Å². The van der Waals surface area contributed by atoms with E-state index in [4.69, 9.17) is 20.9 Å². The molecule has 0 bridgehead atoms. The summed E-state index contributed by atoms with van der Waals surface area (Å²) in [6.45, 7) is 0. The summed E-state index contributed by atoms with van der Waals surface area (Å²) < 4.78 is 100. The monoisotopic (exact) mass is 518 g/mol. The van der Waals surface area contributed by atoms with Gasteiger partial charge in [0.25, 0.3) is 5.67 Å². The molecule has 0 aliphatic carbocycles. The first-order valence-corrected chi connectivity index (χ1v) is 10.8. The molecule has 0 aromatic heterocycles. The molecule has 0 fully saturated rings. The summed E-state index contributed by atoms with van der Waals surface area (Å²) in [5, 5.41) is 0. The van der Waals surface area contributed by atoms with E-state index in [1.165, 1.54) is 48.5 Å². The molecule has 0 radical (unpaired) electrons. The van der Waals surface area contributed by atoms with Crippen molar-refractivity contribution in [2.45, 2.75) is 17.8 Å². The van der Waals surface area contributed by atoms with Gasteiger partial charge in [-0.3, -0.25) is 0 Å². The van der Waals surface area contributed by atoms with E-state index in [2.05, 4.69) is 0 Å². The van der Waals surface area contributed by atoms with Gasteiger partial charge in [-0.25, -0.2) is 4.39 Å². The number of alkyl halides is 6. The Morgan fingerprint density at radius 3 is 1.30 bits per heavy atom. The van der Waals surface area contributed by atoms with Gasteiger partial charge in [-0.2, -0.15) is 22.0 Å². The quantitative estimate of drug-likeness (QED) is 0.192. The van der Waals surface area contributed by atoms with E-state index in [9.17, 15) is 13.2 Å². The molecule has 0 aliphatic heterocycles. The first kappa shape index (κ1) is 25.7. The van der Waals surface area contributed by atoms with Gasteiger partial charge in [0.05, 0.1) is 0 Å². The summed E-state index contributed by atoms with van der Waals surface area (Å²) in [7, 11) is 0. The Hall–Kier alpha value is -4.34. The number of anilines is 2. The maximum atomic E-state index is 15.9. The van der Waals surface area contributed by atoms with Crippen LogP contribution in [-0.2, 0) is 11.6 Å². The van der Waals surface area contributed by atoms with Gasteiger partial charge in [0.15, 0.2) is 0 Å². The molecule has 4 nitrogen and oxygen atoms in total. The minimum atomic E-state index is -6.00. The molecule has 0 saturated carbocycles. The van der Waals surface area contributed by atoms with E-state index in [0.717, 1.165) is 12.1 Å². The van der Waals surface area contributed by atoms with Gasteiger partial charge in [-0.05, 0) is 48.5 Å².